The fraction of sp³-hybridized carbons (Fsp3) is 0.500. The molecule has 21 heavy (non-hydrogen) atoms. The first kappa shape index (κ1) is 17.2. The Morgan fingerprint density at radius 2 is 1.86 bits per heavy atom. The van der Waals surface area contributed by atoms with Gasteiger partial charge in [0.2, 0.25) is 3.79 Å². The van der Waals surface area contributed by atoms with Crippen LogP contribution in [0.4, 0.5) is 0 Å². The van der Waals surface area contributed by atoms with Crippen LogP contribution in [0.15, 0.2) is 24.3 Å². The minimum atomic E-state index is -1.59. The minimum Gasteiger partial charge on any atom is -0.332 e. The molecule has 116 valence electrons. The molecule has 1 aromatic rings. The Bertz CT molecular complexity index is 498. The normalized spacial score (nSPS) is 18.3. The number of alkyl halides is 3. The Kier molecular flexibility index (Phi) is 6.04. The molecular formula is C14H16Cl4N2O. The van der Waals surface area contributed by atoms with Crippen molar-refractivity contribution in [2.75, 3.05) is 13.1 Å². The van der Waals surface area contributed by atoms with Crippen LogP contribution in [0, 0.1) is 0 Å². The summed E-state index contributed by atoms with van der Waals surface area (Å²) in [7, 11) is 0. The first-order valence-corrected chi connectivity index (χ1v) is 8.26. The molecular weight excluding hydrogens is 354 g/mol. The number of nitrogens with zero attached hydrogens (tertiary/aromatic N) is 1. The molecule has 7 heteroatoms. The number of halogens is 4. The molecule has 0 saturated carbocycles. The first-order chi connectivity index (χ1) is 9.88. The van der Waals surface area contributed by atoms with Gasteiger partial charge in [0, 0.05) is 23.7 Å². The number of carbonyl (C=O) groups is 1. The zero-order valence-corrected chi connectivity index (χ0v) is 14.3. The summed E-state index contributed by atoms with van der Waals surface area (Å²) in [6.45, 7) is 1.60. The number of nitrogens with one attached hydrogen (secondary N) is 1. The monoisotopic (exact) mass is 368 g/mol. The van der Waals surface area contributed by atoms with Crippen molar-refractivity contribution in [1.29, 1.82) is 0 Å². The van der Waals surface area contributed by atoms with Crippen molar-refractivity contribution >= 4 is 52.3 Å². The van der Waals surface area contributed by atoms with Crippen molar-refractivity contribution < 1.29 is 4.79 Å². The molecule has 3 nitrogen and oxygen atoms in total. The lowest BCUT2D eigenvalue weighted by Gasteiger charge is -2.38. The zero-order chi connectivity index (χ0) is 15.5. The number of hydrogen-bond donors (Lipinski definition) is 1. The molecule has 1 amide bonds. The van der Waals surface area contributed by atoms with Gasteiger partial charge < -0.3 is 5.32 Å². The largest absolute Gasteiger partial charge is 0.332 e. The molecule has 1 heterocycles. The molecule has 0 aromatic heterocycles. The SMILES string of the molecule is O=C(N[C@@H](N1CCCCC1)C(Cl)(Cl)Cl)c1cccc(Cl)c1. The average Bonchev–Trinajstić information content (AvgIpc) is 2.44. The maximum atomic E-state index is 12.3. The van der Waals surface area contributed by atoms with Crippen LogP contribution in [0.25, 0.3) is 0 Å². The van der Waals surface area contributed by atoms with Gasteiger partial charge in [-0.3, -0.25) is 9.69 Å². The van der Waals surface area contributed by atoms with Crippen LogP contribution in [0.3, 0.4) is 0 Å². The summed E-state index contributed by atoms with van der Waals surface area (Å²) < 4.78 is -1.59. The molecule has 0 unspecified atom stereocenters. The van der Waals surface area contributed by atoms with Crippen LogP contribution in [-0.4, -0.2) is 33.9 Å². The van der Waals surface area contributed by atoms with Crippen molar-refractivity contribution in [1.82, 2.24) is 10.2 Å². The first-order valence-electron chi connectivity index (χ1n) is 6.75. The second-order valence-corrected chi connectivity index (χ2v) is 7.83. The highest BCUT2D eigenvalue weighted by molar-refractivity contribution is 6.68. The van der Waals surface area contributed by atoms with Gasteiger partial charge in [0.25, 0.3) is 5.91 Å². The molecule has 1 saturated heterocycles. The van der Waals surface area contributed by atoms with Crippen molar-refractivity contribution in [2.45, 2.75) is 29.2 Å². The standard InChI is InChI=1S/C14H16Cl4N2O/c15-11-6-4-5-10(9-11)12(21)19-13(14(16,17)18)20-7-2-1-3-8-20/h4-6,9,13H,1-3,7-8H2,(H,19,21)/t13-/m0/s1. The molecule has 0 aliphatic carbocycles. The number of carbonyl (C=O) groups excluding carboxylic acids is 1. The van der Waals surface area contributed by atoms with Crippen LogP contribution < -0.4 is 5.32 Å². The van der Waals surface area contributed by atoms with Crippen LogP contribution >= 0.6 is 46.4 Å². The highest BCUT2D eigenvalue weighted by Gasteiger charge is 2.38. The van der Waals surface area contributed by atoms with Gasteiger partial charge in [-0.2, -0.15) is 0 Å². The third-order valence-electron chi connectivity index (χ3n) is 3.42. The van der Waals surface area contributed by atoms with E-state index in [1.165, 1.54) is 0 Å². The second kappa shape index (κ2) is 7.38. The van der Waals surface area contributed by atoms with E-state index in [-0.39, 0.29) is 5.91 Å². The third kappa shape index (κ3) is 4.90. The highest BCUT2D eigenvalue weighted by Crippen LogP contribution is 2.33. The Hall–Kier alpha value is -0.190. The highest BCUT2D eigenvalue weighted by atomic mass is 35.6. The van der Waals surface area contributed by atoms with E-state index in [0.717, 1.165) is 32.4 Å². The summed E-state index contributed by atoms with van der Waals surface area (Å²) in [6.07, 6.45) is 2.56. The lowest BCUT2D eigenvalue weighted by Crippen LogP contribution is -2.56. The minimum absolute atomic E-state index is 0.306. The Morgan fingerprint density at radius 3 is 2.43 bits per heavy atom. The fourth-order valence-corrected chi connectivity index (χ4v) is 3.16. The summed E-state index contributed by atoms with van der Waals surface area (Å²) in [5.74, 6) is -0.306. The van der Waals surface area contributed by atoms with E-state index in [9.17, 15) is 4.79 Å². The van der Waals surface area contributed by atoms with Crippen molar-refractivity contribution in [2.24, 2.45) is 0 Å². The van der Waals surface area contributed by atoms with Crippen molar-refractivity contribution in [3.05, 3.63) is 34.9 Å². The Balaban J connectivity index is 2.13. The molecule has 1 aromatic carbocycles. The lowest BCUT2D eigenvalue weighted by molar-refractivity contribution is 0.0819. The quantitative estimate of drug-likeness (QED) is 0.807. The number of benzene rings is 1. The van der Waals surface area contributed by atoms with Gasteiger partial charge in [0.05, 0.1) is 0 Å². The van der Waals surface area contributed by atoms with Gasteiger partial charge in [-0.15, -0.1) is 0 Å². The van der Waals surface area contributed by atoms with E-state index in [1.807, 2.05) is 4.90 Å². The van der Waals surface area contributed by atoms with Gasteiger partial charge in [-0.05, 0) is 31.0 Å². The average molecular weight is 370 g/mol. The molecule has 1 atom stereocenters. The molecule has 0 bridgehead atoms. The van der Waals surface area contributed by atoms with Crippen LogP contribution in [0.5, 0.6) is 0 Å². The summed E-state index contributed by atoms with van der Waals surface area (Å²) in [4.78, 5) is 14.3. The molecule has 1 fully saturated rings. The fourth-order valence-electron chi connectivity index (χ4n) is 2.39. The van der Waals surface area contributed by atoms with E-state index >= 15 is 0 Å². The number of amides is 1. The van der Waals surface area contributed by atoms with E-state index in [1.54, 1.807) is 24.3 Å². The number of hydrogen-bond acceptors (Lipinski definition) is 2. The molecule has 1 aliphatic heterocycles. The Morgan fingerprint density at radius 1 is 1.19 bits per heavy atom. The summed E-state index contributed by atoms with van der Waals surface area (Å²) in [5.41, 5.74) is 0.443. The second-order valence-electron chi connectivity index (χ2n) is 5.02. The van der Waals surface area contributed by atoms with E-state index in [4.69, 9.17) is 46.4 Å². The maximum absolute atomic E-state index is 12.3. The van der Waals surface area contributed by atoms with Crippen LogP contribution in [0.2, 0.25) is 5.02 Å². The molecule has 0 spiro atoms. The lowest BCUT2D eigenvalue weighted by atomic mass is 10.1. The van der Waals surface area contributed by atoms with E-state index in [0.29, 0.717) is 10.6 Å². The Labute approximate surface area is 144 Å². The van der Waals surface area contributed by atoms with Crippen molar-refractivity contribution in [3.63, 3.8) is 0 Å². The predicted molar refractivity (Wildman–Crippen MR) is 88.4 cm³/mol. The van der Waals surface area contributed by atoms with Gasteiger partial charge in [0.1, 0.15) is 6.17 Å². The van der Waals surface area contributed by atoms with Gasteiger partial charge >= 0.3 is 0 Å². The van der Waals surface area contributed by atoms with Crippen molar-refractivity contribution in [3.8, 4) is 0 Å². The summed E-state index contributed by atoms with van der Waals surface area (Å²) in [6, 6.07) is 6.67. The zero-order valence-electron chi connectivity index (χ0n) is 11.3. The van der Waals surface area contributed by atoms with Crippen LogP contribution in [-0.2, 0) is 0 Å². The smallest absolute Gasteiger partial charge is 0.252 e. The van der Waals surface area contributed by atoms with Gasteiger partial charge in [-0.1, -0.05) is 58.9 Å². The molecule has 1 aliphatic rings. The number of likely N-dealkylation sites (tertiary alicyclic amines) is 1. The van der Waals surface area contributed by atoms with Gasteiger partial charge in [-0.25, -0.2) is 0 Å². The van der Waals surface area contributed by atoms with Crippen LogP contribution in [0.1, 0.15) is 29.6 Å². The third-order valence-corrected chi connectivity index (χ3v) is 4.28. The number of piperidine rings is 1. The van der Waals surface area contributed by atoms with E-state index in [2.05, 4.69) is 5.32 Å². The molecule has 0 radical (unpaired) electrons. The van der Waals surface area contributed by atoms with E-state index < -0.39 is 9.96 Å². The topological polar surface area (TPSA) is 32.3 Å². The maximum Gasteiger partial charge on any atom is 0.252 e. The number of rotatable bonds is 3. The predicted octanol–water partition coefficient (Wildman–Crippen LogP) is 4.25. The summed E-state index contributed by atoms with van der Waals surface area (Å²) >= 11 is 24.0. The molecule has 1 N–H and O–H groups in total. The molecule has 2 rings (SSSR count). The van der Waals surface area contributed by atoms with Gasteiger partial charge in [0.15, 0.2) is 0 Å². The summed E-state index contributed by atoms with van der Waals surface area (Å²) in [5, 5.41) is 3.29.